The Labute approximate surface area is 179 Å². The fourth-order valence-corrected chi connectivity index (χ4v) is 5.38. The number of thiophene rings is 1. The fourth-order valence-electron chi connectivity index (χ4n) is 4.03. The Morgan fingerprint density at radius 2 is 2.00 bits per heavy atom. The maximum atomic E-state index is 13.6. The van der Waals surface area contributed by atoms with Gasteiger partial charge in [-0.2, -0.15) is 0 Å². The molecular formula is C22H24ClN3O2S. The number of benzene rings is 1. The van der Waals surface area contributed by atoms with Gasteiger partial charge in [0.15, 0.2) is 5.54 Å². The second kappa shape index (κ2) is 7.26. The molecule has 0 saturated heterocycles. The first-order valence-corrected chi connectivity index (χ1v) is 11.1. The van der Waals surface area contributed by atoms with Gasteiger partial charge in [0.25, 0.3) is 5.91 Å². The molecule has 2 unspecified atom stereocenters. The lowest BCUT2D eigenvalue weighted by Crippen LogP contribution is -2.42. The average molecular weight is 430 g/mol. The van der Waals surface area contributed by atoms with Gasteiger partial charge < -0.3 is 10.2 Å². The van der Waals surface area contributed by atoms with E-state index in [0.29, 0.717) is 24.5 Å². The summed E-state index contributed by atoms with van der Waals surface area (Å²) in [6.45, 7) is 9.06. The Balaban J connectivity index is 1.94. The van der Waals surface area contributed by atoms with Gasteiger partial charge in [-0.15, -0.1) is 11.3 Å². The summed E-state index contributed by atoms with van der Waals surface area (Å²) < 4.78 is 0. The topological polar surface area (TPSA) is 61.8 Å². The standard InChI is InChI=1S/C22H24ClN3O2S/c1-5-24-19(27)16-11-22(16)21(28)26(6-2)20-17(12(3)13(4)29-20)18(25-22)14-7-9-15(23)10-8-14/h7-10,16H,5-6,11H2,1-4H3,(H,24,27). The molecule has 1 fully saturated rings. The quantitative estimate of drug-likeness (QED) is 0.794. The molecule has 2 aromatic rings. The van der Waals surface area contributed by atoms with Crippen molar-refractivity contribution in [3.05, 3.63) is 50.9 Å². The number of carbonyl (C=O) groups is 2. The first kappa shape index (κ1) is 20.1. The number of nitrogens with one attached hydrogen (secondary N) is 1. The van der Waals surface area contributed by atoms with Gasteiger partial charge in [-0.1, -0.05) is 23.7 Å². The summed E-state index contributed by atoms with van der Waals surface area (Å²) in [5.74, 6) is -0.612. The smallest absolute Gasteiger partial charge is 0.256 e. The van der Waals surface area contributed by atoms with E-state index in [1.54, 1.807) is 11.3 Å². The number of amides is 2. The monoisotopic (exact) mass is 429 g/mol. The number of nitrogens with zero attached hydrogens (tertiary/aromatic N) is 2. The van der Waals surface area contributed by atoms with Crippen LogP contribution in [0.15, 0.2) is 29.3 Å². The molecule has 1 aromatic heterocycles. The van der Waals surface area contributed by atoms with E-state index in [1.807, 2.05) is 43.0 Å². The summed E-state index contributed by atoms with van der Waals surface area (Å²) in [5, 5.41) is 4.42. The Hall–Kier alpha value is -2.18. The predicted octanol–water partition coefficient (Wildman–Crippen LogP) is 4.12. The number of likely N-dealkylation sites (N-methyl/N-ethyl adjacent to an activating group) is 1. The maximum Gasteiger partial charge on any atom is 0.256 e. The molecule has 0 bridgehead atoms. The van der Waals surface area contributed by atoms with Crippen molar-refractivity contribution in [3.63, 3.8) is 0 Å². The third-order valence-electron chi connectivity index (χ3n) is 5.81. The van der Waals surface area contributed by atoms with Crippen LogP contribution < -0.4 is 10.2 Å². The Morgan fingerprint density at radius 1 is 1.31 bits per heavy atom. The predicted molar refractivity (Wildman–Crippen MR) is 118 cm³/mol. The number of hydrogen-bond donors (Lipinski definition) is 1. The van der Waals surface area contributed by atoms with Crippen LogP contribution in [0.5, 0.6) is 0 Å². The molecule has 2 atom stereocenters. The van der Waals surface area contributed by atoms with Crippen LogP contribution in [0.25, 0.3) is 0 Å². The second-order valence-electron chi connectivity index (χ2n) is 7.56. The van der Waals surface area contributed by atoms with E-state index in [2.05, 4.69) is 19.2 Å². The Kier molecular flexibility index (Phi) is 5.03. The molecule has 5 nitrogen and oxygen atoms in total. The fraction of sp³-hybridized carbons (Fsp3) is 0.409. The highest BCUT2D eigenvalue weighted by molar-refractivity contribution is 7.17. The minimum absolute atomic E-state index is 0.0808. The van der Waals surface area contributed by atoms with Gasteiger partial charge >= 0.3 is 0 Å². The van der Waals surface area contributed by atoms with Crippen molar-refractivity contribution >= 4 is 45.5 Å². The summed E-state index contributed by atoms with van der Waals surface area (Å²) in [5.41, 5.74) is 2.77. The van der Waals surface area contributed by atoms with E-state index >= 15 is 0 Å². The van der Waals surface area contributed by atoms with E-state index in [0.717, 1.165) is 32.3 Å². The molecule has 1 aliphatic heterocycles. The van der Waals surface area contributed by atoms with E-state index in [9.17, 15) is 9.59 Å². The molecular weight excluding hydrogens is 406 g/mol. The number of hydrogen-bond acceptors (Lipinski definition) is 4. The normalized spacial score (nSPS) is 22.9. The van der Waals surface area contributed by atoms with Crippen molar-refractivity contribution in [2.45, 2.75) is 39.7 Å². The van der Waals surface area contributed by atoms with Crippen LogP contribution in [0.4, 0.5) is 5.00 Å². The van der Waals surface area contributed by atoms with Crippen LogP contribution in [-0.2, 0) is 9.59 Å². The molecule has 29 heavy (non-hydrogen) atoms. The molecule has 152 valence electrons. The molecule has 1 aromatic carbocycles. The van der Waals surface area contributed by atoms with Gasteiger partial charge in [0.05, 0.1) is 11.6 Å². The molecule has 2 heterocycles. The molecule has 1 spiro atoms. The third-order valence-corrected chi connectivity index (χ3v) is 7.29. The zero-order valence-electron chi connectivity index (χ0n) is 17.0. The molecule has 0 radical (unpaired) electrons. The van der Waals surface area contributed by atoms with Gasteiger partial charge in [-0.3, -0.25) is 14.6 Å². The minimum Gasteiger partial charge on any atom is -0.356 e. The number of anilines is 1. The van der Waals surface area contributed by atoms with Gasteiger partial charge in [0, 0.05) is 34.1 Å². The summed E-state index contributed by atoms with van der Waals surface area (Å²) in [6.07, 6.45) is 0.443. The molecule has 1 aliphatic carbocycles. The highest BCUT2D eigenvalue weighted by Gasteiger charge is 2.66. The number of fused-ring (bicyclic) bond motifs is 1. The van der Waals surface area contributed by atoms with Crippen LogP contribution in [0, 0.1) is 19.8 Å². The third kappa shape index (κ3) is 3.09. The summed E-state index contributed by atoms with van der Waals surface area (Å²) in [7, 11) is 0. The molecule has 7 heteroatoms. The van der Waals surface area contributed by atoms with Crippen molar-refractivity contribution in [1.82, 2.24) is 5.32 Å². The molecule has 1 N–H and O–H groups in total. The van der Waals surface area contributed by atoms with E-state index in [1.165, 1.54) is 0 Å². The largest absolute Gasteiger partial charge is 0.356 e. The van der Waals surface area contributed by atoms with E-state index in [-0.39, 0.29) is 11.8 Å². The molecule has 2 aliphatic rings. The molecule has 1 saturated carbocycles. The van der Waals surface area contributed by atoms with Crippen molar-refractivity contribution < 1.29 is 9.59 Å². The van der Waals surface area contributed by atoms with E-state index in [4.69, 9.17) is 16.6 Å². The number of rotatable bonds is 4. The average Bonchev–Trinajstić information content (AvgIpc) is 3.38. The highest BCUT2D eigenvalue weighted by Crippen LogP contribution is 2.53. The summed E-state index contributed by atoms with van der Waals surface area (Å²) in [4.78, 5) is 34.2. The van der Waals surface area contributed by atoms with Gasteiger partial charge in [0.2, 0.25) is 5.91 Å². The van der Waals surface area contributed by atoms with Crippen LogP contribution in [0.1, 0.15) is 41.8 Å². The summed E-state index contributed by atoms with van der Waals surface area (Å²) >= 11 is 7.72. The Bertz CT molecular complexity index is 1030. The zero-order valence-corrected chi connectivity index (χ0v) is 18.6. The number of carbonyl (C=O) groups excluding carboxylic acids is 2. The van der Waals surface area contributed by atoms with Crippen molar-refractivity contribution in [2.24, 2.45) is 10.9 Å². The van der Waals surface area contributed by atoms with Crippen LogP contribution in [-0.4, -0.2) is 36.2 Å². The summed E-state index contributed by atoms with van der Waals surface area (Å²) in [6, 6.07) is 7.53. The Morgan fingerprint density at radius 3 is 2.62 bits per heavy atom. The first-order chi connectivity index (χ1) is 13.8. The molecule has 2 amide bonds. The van der Waals surface area contributed by atoms with Crippen LogP contribution in [0.2, 0.25) is 5.02 Å². The van der Waals surface area contributed by atoms with Gasteiger partial charge in [0.1, 0.15) is 5.00 Å². The number of halogens is 1. The molecule has 4 rings (SSSR count). The second-order valence-corrected chi connectivity index (χ2v) is 9.20. The van der Waals surface area contributed by atoms with E-state index < -0.39 is 11.5 Å². The van der Waals surface area contributed by atoms with Crippen LogP contribution in [0.3, 0.4) is 0 Å². The lowest BCUT2D eigenvalue weighted by molar-refractivity contribution is -0.126. The highest BCUT2D eigenvalue weighted by atomic mass is 35.5. The van der Waals surface area contributed by atoms with Gasteiger partial charge in [-0.25, -0.2) is 0 Å². The first-order valence-electron chi connectivity index (χ1n) is 9.89. The van der Waals surface area contributed by atoms with Crippen molar-refractivity contribution in [1.29, 1.82) is 0 Å². The zero-order chi connectivity index (χ0) is 20.9. The lowest BCUT2D eigenvalue weighted by Gasteiger charge is -2.22. The van der Waals surface area contributed by atoms with Crippen LogP contribution >= 0.6 is 22.9 Å². The van der Waals surface area contributed by atoms with Crippen molar-refractivity contribution in [2.75, 3.05) is 18.0 Å². The van der Waals surface area contributed by atoms with Gasteiger partial charge in [-0.05, 0) is 51.8 Å². The number of aryl methyl sites for hydroxylation is 1. The SMILES string of the molecule is CCNC(=O)C1CC12N=C(c1ccc(Cl)cc1)c1c(sc(C)c1C)N(CC)C2=O. The lowest BCUT2D eigenvalue weighted by atomic mass is 9.99. The minimum atomic E-state index is -1.02. The van der Waals surface area contributed by atoms with Crippen molar-refractivity contribution in [3.8, 4) is 0 Å². The maximum absolute atomic E-state index is 13.6. The number of aliphatic imine (C=N–C) groups is 1.